The van der Waals surface area contributed by atoms with Crippen LogP contribution in [0.5, 0.6) is 0 Å². The lowest BCUT2D eigenvalue weighted by Gasteiger charge is -2.32. The summed E-state index contributed by atoms with van der Waals surface area (Å²) in [6, 6.07) is 9.37. The smallest absolute Gasteiger partial charge is 0.227 e. The molecule has 4 rings (SSSR count). The van der Waals surface area contributed by atoms with Gasteiger partial charge in [-0.25, -0.2) is 9.97 Å². The third-order valence-electron chi connectivity index (χ3n) is 6.07. The molecule has 1 amide bonds. The molecule has 1 atom stereocenters. The van der Waals surface area contributed by atoms with Crippen LogP contribution in [0.25, 0.3) is 11.2 Å². The van der Waals surface area contributed by atoms with Crippen molar-refractivity contribution in [2.75, 3.05) is 5.32 Å². The first-order chi connectivity index (χ1) is 13.5. The Hall–Kier alpha value is -2.40. The van der Waals surface area contributed by atoms with Gasteiger partial charge in [-0.15, -0.1) is 0 Å². The fourth-order valence-corrected chi connectivity index (χ4v) is 4.44. The Bertz CT molecular complexity index is 974. The van der Waals surface area contributed by atoms with Gasteiger partial charge in [0.25, 0.3) is 0 Å². The minimum absolute atomic E-state index is 0.0102. The van der Waals surface area contributed by atoms with Crippen molar-refractivity contribution in [1.29, 1.82) is 0 Å². The molecule has 2 heterocycles. The number of anilines is 1. The third-order valence-corrected chi connectivity index (χ3v) is 6.33. The van der Waals surface area contributed by atoms with Gasteiger partial charge in [-0.2, -0.15) is 0 Å². The number of aromatic nitrogens is 3. The van der Waals surface area contributed by atoms with Crippen molar-refractivity contribution < 1.29 is 4.79 Å². The maximum absolute atomic E-state index is 12.7. The van der Waals surface area contributed by atoms with Gasteiger partial charge in [0.05, 0.1) is 6.33 Å². The van der Waals surface area contributed by atoms with E-state index in [-0.39, 0.29) is 11.8 Å². The Balaban J connectivity index is 1.39. The van der Waals surface area contributed by atoms with Crippen LogP contribution in [-0.2, 0) is 11.8 Å². The maximum Gasteiger partial charge on any atom is 0.227 e. The van der Waals surface area contributed by atoms with E-state index in [4.69, 9.17) is 11.6 Å². The zero-order chi connectivity index (χ0) is 19.7. The number of nitrogens with zero attached hydrogens (tertiary/aromatic N) is 3. The average molecular weight is 397 g/mol. The fraction of sp³-hybridized carbons (Fsp3) is 0.409. The first-order valence-corrected chi connectivity index (χ1v) is 10.2. The molecule has 1 aliphatic rings. The van der Waals surface area contributed by atoms with Crippen molar-refractivity contribution in [2.45, 2.75) is 38.5 Å². The van der Waals surface area contributed by atoms with Gasteiger partial charge >= 0.3 is 0 Å². The minimum atomic E-state index is -0.0102. The molecule has 1 aromatic carbocycles. The predicted molar refractivity (Wildman–Crippen MR) is 112 cm³/mol. The standard InChI is InChI=1S/C22H25ClN4O/c1-14(22(28)26-18-9-7-17(23)8-10-18)15-3-5-16(6-4-15)19-11-12-24-21-20(19)25-13-27(21)2/h7-16H,3-6H2,1-2H3,(H,26,28)/t14-,15-,16-/m1/s1. The molecule has 5 nitrogen and oxygen atoms in total. The monoisotopic (exact) mass is 396 g/mol. The quantitative estimate of drug-likeness (QED) is 0.661. The number of aryl methyl sites for hydroxylation is 1. The highest BCUT2D eigenvalue weighted by Gasteiger charge is 2.30. The van der Waals surface area contributed by atoms with Gasteiger partial charge in [-0.3, -0.25) is 4.79 Å². The van der Waals surface area contributed by atoms with Crippen molar-refractivity contribution in [1.82, 2.24) is 14.5 Å². The second-order valence-electron chi connectivity index (χ2n) is 7.82. The zero-order valence-corrected chi connectivity index (χ0v) is 17.0. The van der Waals surface area contributed by atoms with Gasteiger partial charge in [-0.05, 0) is 73.4 Å². The van der Waals surface area contributed by atoms with E-state index in [0.29, 0.717) is 16.9 Å². The van der Waals surface area contributed by atoms with E-state index in [2.05, 4.69) is 21.4 Å². The van der Waals surface area contributed by atoms with Crippen LogP contribution < -0.4 is 5.32 Å². The van der Waals surface area contributed by atoms with Gasteiger partial charge in [0.1, 0.15) is 5.52 Å². The number of fused-ring (bicyclic) bond motifs is 1. The predicted octanol–water partition coefficient (Wildman–Crippen LogP) is 5.17. The van der Waals surface area contributed by atoms with Gasteiger partial charge in [-0.1, -0.05) is 18.5 Å². The summed E-state index contributed by atoms with van der Waals surface area (Å²) in [5.41, 5.74) is 4.05. The highest BCUT2D eigenvalue weighted by atomic mass is 35.5. The molecule has 1 aliphatic carbocycles. The molecule has 0 unspecified atom stereocenters. The molecule has 146 valence electrons. The Morgan fingerprint density at radius 2 is 1.86 bits per heavy atom. The van der Waals surface area contributed by atoms with E-state index >= 15 is 0 Å². The molecule has 0 aliphatic heterocycles. The van der Waals surface area contributed by atoms with Crippen LogP contribution in [0.2, 0.25) is 5.02 Å². The van der Waals surface area contributed by atoms with E-state index < -0.39 is 0 Å². The van der Waals surface area contributed by atoms with E-state index in [9.17, 15) is 4.79 Å². The van der Waals surface area contributed by atoms with Crippen molar-refractivity contribution >= 4 is 34.4 Å². The number of carbonyl (C=O) groups is 1. The summed E-state index contributed by atoms with van der Waals surface area (Å²) in [5, 5.41) is 3.69. The summed E-state index contributed by atoms with van der Waals surface area (Å²) >= 11 is 5.91. The number of nitrogens with one attached hydrogen (secondary N) is 1. The van der Waals surface area contributed by atoms with Crippen LogP contribution in [0.3, 0.4) is 0 Å². The highest BCUT2D eigenvalue weighted by molar-refractivity contribution is 6.30. The Labute approximate surface area is 170 Å². The molecule has 0 spiro atoms. The Kier molecular flexibility index (Phi) is 5.36. The minimum Gasteiger partial charge on any atom is -0.326 e. The SMILES string of the molecule is C[C@@H](C(=O)Nc1ccc(Cl)cc1)[C@H]1CC[C@H](c2ccnc3c2ncn3C)CC1. The van der Waals surface area contributed by atoms with Crippen LogP contribution in [0.1, 0.15) is 44.1 Å². The second kappa shape index (κ2) is 7.92. The summed E-state index contributed by atoms with van der Waals surface area (Å²) in [6.07, 6.45) is 7.98. The van der Waals surface area contributed by atoms with Crippen LogP contribution in [0.15, 0.2) is 42.9 Å². The van der Waals surface area contributed by atoms with Crippen LogP contribution in [0.4, 0.5) is 5.69 Å². The molecule has 0 saturated heterocycles. The van der Waals surface area contributed by atoms with Crippen molar-refractivity contribution in [2.24, 2.45) is 18.9 Å². The zero-order valence-electron chi connectivity index (χ0n) is 16.2. The summed E-state index contributed by atoms with van der Waals surface area (Å²) in [7, 11) is 1.98. The molecule has 28 heavy (non-hydrogen) atoms. The number of imidazole rings is 1. The average Bonchev–Trinajstić information content (AvgIpc) is 3.10. The van der Waals surface area contributed by atoms with Crippen molar-refractivity contribution in [3.63, 3.8) is 0 Å². The van der Waals surface area contributed by atoms with E-state index in [0.717, 1.165) is 42.5 Å². The molecule has 0 bridgehead atoms. The van der Waals surface area contributed by atoms with Gasteiger partial charge in [0, 0.05) is 29.9 Å². The molecule has 0 radical (unpaired) electrons. The summed E-state index contributed by atoms with van der Waals surface area (Å²) in [5.74, 6) is 0.971. The summed E-state index contributed by atoms with van der Waals surface area (Å²) < 4.78 is 1.97. The lowest BCUT2D eigenvalue weighted by Crippen LogP contribution is -2.29. The normalized spacial score (nSPS) is 20.8. The molecule has 2 aromatic heterocycles. The fourth-order valence-electron chi connectivity index (χ4n) is 4.31. The topological polar surface area (TPSA) is 59.8 Å². The van der Waals surface area contributed by atoms with Gasteiger partial charge in [0.15, 0.2) is 5.65 Å². The van der Waals surface area contributed by atoms with E-state index in [1.165, 1.54) is 5.56 Å². The van der Waals surface area contributed by atoms with Crippen molar-refractivity contribution in [3.8, 4) is 0 Å². The molecule has 3 aromatic rings. The number of hydrogen-bond donors (Lipinski definition) is 1. The Morgan fingerprint density at radius 1 is 1.14 bits per heavy atom. The second-order valence-corrected chi connectivity index (χ2v) is 8.26. The number of pyridine rings is 1. The van der Waals surface area contributed by atoms with Crippen LogP contribution >= 0.6 is 11.6 Å². The van der Waals surface area contributed by atoms with Gasteiger partial charge < -0.3 is 9.88 Å². The molecule has 1 N–H and O–H groups in total. The highest BCUT2D eigenvalue weighted by Crippen LogP contribution is 2.40. The molecule has 1 saturated carbocycles. The lowest BCUT2D eigenvalue weighted by molar-refractivity contribution is -0.121. The summed E-state index contributed by atoms with van der Waals surface area (Å²) in [4.78, 5) is 21.7. The third kappa shape index (κ3) is 3.76. The number of halogens is 1. The Morgan fingerprint density at radius 3 is 2.57 bits per heavy atom. The summed E-state index contributed by atoms with van der Waals surface area (Å²) in [6.45, 7) is 2.04. The number of carbonyl (C=O) groups excluding carboxylic acids is 1. The molecular weight excluding hydrogens is 372 g/mol. The number of benzene rings is 1. The number of amides is 1. The largest absolute Gasteiger partial charge is 0.326 e. The van der Waals surface area contributed by atoms with Crippen LogP contribution in [0, 0.1) is 11.8 Å². The number of hydrogen-bond acceptors (Lipinski definition) is 3. The first kappa shape index (κ1) is 18.9. The maximum atomic E-state index is 12.7. The van der Waals surface area contributed by atoms with Gasteiger partial charge in [0.2, 0.25) is 5.91 Å². The molecule has 6 heteroatoms. The van der Waals surface area contributed by atoms with Crippen molar-refractivity contribution in [3.05, 3.63) is 53.4 Å². The van der Waals surface area contributed by atoms with E-state index in [1.807, 2.05) is 43.2 Å². The molecular formula is C22H25ClN4O. The molecule has 1 fully saturated rings. The lowest BCUT2D eigenvalue weighted by atomic mass is 9.74. The van der Waals surface area contributed by atoms with Crippen LogP contribution in [-0.4, -0.2) is 20.4 Å². The first-order valence-electron chi connectivity index (χ1n) is 9.85. The number of rotatable bonds is 4. The van der Waals surface area contributed by atoms with E-state index in [1.54, 1.807) is 12.1 Å².